The van der Waals surface area contributed by atoms with E-state index < -0.39 is 0 Å². The molecule has 16 heavy (non-hydrogen) atoms. The van der Waals surface area contributed by atoms with E-state index in [1.165, 1.54) is 0 Å². The van der Waals surface area contributed by atoms with Gasteiger partial charge < -0.3 is 16.2 Å². The summed E-state index contributed by atoms with van der Waals surface area (Å²) in [6, 6.07) is 3.82. The third-order valence-corrected chi connectivity index (χ3v) is 3.12. The van der Waals surface area contributed by atoms with Gasteiger partial charge in [0.15, 0.2) is 0 Å². The van der Waals surface area contributed by atoms with Crippen LogP contribution in [-0.4, -0.2) is 22.2 Å². The van der Waals surface area contributed by atoms with Crippen LogP contribution in [0.1, 0.15) is 31.4 Å². The highest BCUT2D eigenvalue weighted by molar-refractivity contribution is 5.61. The van der Waals surface area contributed by atoms with Crippen LogP contribution >= 0.6 is 0 Å². The number of nitrogens with zero attached hydrogens (tertiary/aromatic N) is 1. The largest absolute Gasteiger partial charge is 0.396 e. The number of nitrogens with one attached hydrogen (secondary N) is 1. The Morgan fingerprint density at radius 3 is 2.88 bits per heavy atom. The van der Waals surface area contributed by atoms with Crippen molar-refractivity contribution >= 4 is 11.5 Å². The van der Waals surface area contributed by atoms with Gasteiger partial charge >= 0.3 is 0 Å². The van der Waals surface area contributed by atoms with Crippen molar-refractivity contribution in [3.8, 4) is 0 Å². The van der Waals surface area contributed by atoms with E-state index in [2.05, 4.69) is 10.3 Å². The molecule has 0 saturated heterocycles. The summed E-state index contributed by atoms with van der Waals surface area (Å²) >= 11 is 0. The molecule has 4 nitrogen and oxygen atoms in total. The highest BCUT2D eigenvalue weighted by Crippen LogP contribution is 2.24. The molecule has 4 N–H and O–H groups in total. The average Bonchev–Trinajstić information content (AvgIpc) is 2.27. The van der Waals surface area contributed by atoms with Crippen LogP contribution in [0.3, 0.4) is 0 Å². The predicted octanol–water partition coefficient (Wildman–Crippen LogP) is 1.69. The number of hydrogen-bond acceptors (Lipinski definition) is 4. The molecule has 0 aliphatic heterocycles. The van der Waals surface area contributed by atoms with Gasteiger partial charge in [0.1, 0.15) is 5.82 Å². The molecule has 0 amide bonds. The van der Waals surface area contributed by atoms with Crippen LogP contribution in [0, 0.1) is 6.92 Å². The third kappa shape index (κ3) is 2.44. The van der Waals surface area contributed by atoms with Crippen LogP contribution in [0.15, 0.2) is 12.1 Å². The molecule has 0 radical (unpaired) electrons. The van der Waals surface area contributed by atoms with Crippen molar-refractivity contribution in [1.29, 1.82) is 0 Å². The first-order chi connectivity index (χ1) is 7.66. The molecule has 2 unspecified atom stereocenters. The summed E-state index contributed by atoms with van der Waals surface area (Å²) in [7, 11) is 0. The Labute approximate surface area is 95.9 Å². The lowest BCUT2D eigenvalue weighted by atomic mass is 9.92. The number of hydrogen-bond donors (Lipinski definition) is 3. The highest BCUT2D eigenvalue weighted by atomic mass is 16.3. The van der Waals surface area contributed by atoms with Gasteiger partial charge in [0.05, 0.1) is 17.8 Å². The summed E-state index contributed by atoms with van der Waals surface area (Å²) in [6.45, 7) is 1.93. The van der Waals surface area contributed by atoms with Gasteiger partial charge in [-0.25, -0.2) is 4.98 Å². The van der Waals surface area contributed by atoms with Gasteiger partial charge in [0.25, 0.3) is 0 Å². The maximum atomic E-state index is 9.86. The zero-order chi connectivity index (χ0) is 11.5. The summed E-state index contributed by atoms with van der Waals surface area (Å²) in [4.78, 5) is 4.35. The van der Waals surface area contributed by atoms with Crippen molar-refractivity contribution in [2.75, 3.05) is 11.1 Å². The van der Waals surface area contributed by atoms with Gasteiger partial charge in [-0.15, -0.1) is 0 Å². The van der Waals surface area contributed by atoms with E-state index in [1.807, 2.05) is 19.1 Å². The monoisotopic (exact) mass is 221 g/mol. The highest BCUT2D eigenvalue weighted by Gasteiger charge is 2.23. The summed E-state index contributed by atoms with van der Waals surface area (Å²) < 4.78 is 0. The SMILES string of the molecule is Cc1ccc(N)c(NC2CCCCC2O)n1. The second-order valence-corrected chi connectivity index (χ2v) is 4.49. The number of aliphatic hydroxyl groups is 1. The molecule has 2 rings (SSSR count). The molecule has 2 atom stereocenters. The smallest absolute Gasteiger partial charge is 0.149 e. The number of aryl methyl sites for hydroxylation is 1. The lowest BCUT2D eigenvalue weighted by Crippen LogP contribution is -2.36. The Kier molecular flexibility index (Phi) is 3.29. The lowest BCUT2D eigenvalue weighted by molar-refractivity contribution is 0.116. The van der Waals surface area contributed by atoms with E-state index in [1.54, 1.807) is 0 Å². The number of rotatable bonds is 2. The maximum Gasteiger partial charge on any atom is 0.149 e. The van der Waals surface area contributed by atoms with Crippen LogP contribution in [0.5, 0.6) is 0 Å². The second kappa shape index (κ2) is 4.70. The molecule has 4 heteroatoms. The van der Waals surface area contributed by atoms with Crippen molar-refractivity contribution < 1.29 is 5.11 Å². The van der Waals surface area contributed by atoms with Crippen LogP contribution in [0.25, 0.3) is 0 Å². The Morgan fingerprint density at radius 2 is 2.12 bits per heavy atom. The fraction of sp³-hybridized carbons (Fsp3) is 0.583. The number of pyridine rings is 1. The minimum Gasteiger partial charge on any atom is -0.396 e. The van der Waals surface area contributed by atoms with E-state index in [-0.39, 0.29) is 12.1 Å². The van der Waals surface area contributed by atoms with Gasteiger partial charge in [-0.3, -0.25) is 0 Å². The molecule has 0 spiro atoms. The molecule has 1 fully saturated rings. The molecule has 1 aliphatic carbocycles. The molecular weight excluding hydrogens is 202 g/mol. The summed E-state index contributed by atoms with van der Waals surface area (Å²) in [5.41, 5.74) is 7.42. The molecule has 1 saturated carbocycles. The lowest BCUT2D eigenvalue weighted by Gasteiger charge is -2.29. The van der Waals surface area contributed by atoms with Crippen LogP contribution < -0.4 is 11.1 Å². The number of nitrogen functional groups attached to an aromatic ring is 1. The van der Waals surface area contributed by atoms with Crippen molar-refractivity contribution in [2.24, 2.45) is 0 Å². The van der Waals surface area contributed by atoms with E-state index in [0.717, 1.165) is 31.4 Å². The summed E-state index contributed by atoms with van der Waals surface area (Å²) in [5, 5.41) is 13.1. The number of aromatic nitrogens is 1. The first-order valence-electron chi connectivity index (χ1n) is 5.84. The first-order valence-corrected chi connectivity index (χ1v) is 5.84. The van der Waals surface area contributed by atoms with Gasteiger partial charge in [-0.2, -0.15) is 0 Å². The van der Waals surface area contributed by atoms with E-state index in [9.17, 15) is 5.11 Å². The summed E-state index contributed by atoms with van der Waals surface area (Å²) in [6.07, 6.45) is 3.83. The van der Waals surface area contributed by atoms with E-state index in [0.29, 0.717) is 11.5 Å². The minimum absolute atomic E-state index is 0.0883. The Hall–Kier alpha value is -1.29. The number of nitrogens with two attached hydrogens (primary N) is 1. The van der Waals surface area contributed by atoms with Crippen LogP contribution in [0.4, 0.5) is 11.5 Å². The van der Waals surface area contributed by atoms with Crippen molar-refractivity contribution in [2.45, 2.75) is 44.8 Å². The third-order valence-electron chi connectivity index (χ3n) is 3.12. The van der Waals surface area contributed by atoms with Crippen molar-refractivity contribution in [3.63, 3.8) is 0 Å². The van der Waals surface area contributed by atoms with Gasteiger partial charge in [0.2, 0.25) is 0 Å². The second-order valence-electron chi connectivity index (χ2n) is 4.49. The van der Waals surface area contributed by atoms with Gasteiger partial charge in [-0.1, -0.05) is 12.8 Å². The fourth-order valence-corrected chi connectivity index (χ4v) is 2.14. The van der Waals surface area contributed by atoms with Crippen molar-refractivity contribution in [1.82, 2.24) is 4.98 Å². The standard InChI is InChI=1S/C12H19N3O/c1-8-6-7-9(13)12(14-8)15-10-4-2-3-5-11(10)16/h6-7,10-11,16H,2-5,13H2,1H3,(H,14,15). The van der Waals surface area contributed by atoms with Crippen molar-refractivity contribution in [3.05, 3.63) is 17.8 Å². The Morgan fingerprint density at radius 1 is 1.38 bits per heavy atom. The molecule has 1 aliphatic rings. The zero-order valence-electron chi connectivity index (χ0n) is 9.61. The molecular formula is C12H19N3O. The normalized spacial score (nSPS) is 25.4. The summed E-state index contributed by atoms with van der Waals surface area (Å²) in [5.74, 6) is 0.700. The molecule has 0 bridgehead atoms. The first kappa shape index (κ1) is 11.2. The quantitative estimate of drug-likeness (QED) is 0.710. The van der Waals surface area contributed by atoms with Gasteiger partial charge in [0, 0.05) is 5.69 Å². The Balaban J connectivity index is 2.10. The topological polar surface area (TPSA) is 71.2 Å². The molecule has 1 aromatic rings. The fourth-order valence-electron chi connectivity index (χ4n) is 2.14. The number of anilines is 2. The molecule has 88 valence electrons. The Bertz CT molecular complexity index is 367. The molecule has 1 heterocycles. The molecule has 0 aromatic carbocycles. The van der Waals surface area contributed by atoms with E-state index in [4.69, 9.17) is 5.73 Å². The van der Waals surface area contributed by atoms with E-state index >= 15 is 0 Å². The van der Waals surface area contributed by atoms with Gasteiger partial charge in [-0.05, 0) is 31.9 Å². The zero-order valence-corrected chi connectivity index (χ0v) is 9.61. The maximum absolute atomic E-state index is 9.86. The average molecular weight is 221 g/mol. The van der Waals surface area contributed by atoms with Crippen LogP contribution in [-0.2, 0) is 0 Å². The number of aliphatic hydroxyl groups excluding tert-OH is 1. The molecule has 1 aromatic heterocycles. The predicted molar refractivity (Wildman–Crippen MR) is 65.3 cm³/mol. The van der Waals surface area contributed by atoms with Crippen LogP contribution in [0.2, 0.25) is 0 Å². The minimum atomic E-state index is -0.282.